The molecular formula is C18H18ClNO4S. The zero-order chi connectivity index (χ0) is 18.1. The van der Waals surface area contributed by atoms with Crippen molar-refractivity contribution in [3.8, 4) is 0 Å². The van der Waals surface area contributed by atoms with Crippen LogP contribution in [0.5, 0.6) is 0 Å². The molecule has 25 heavy (non-hydrogen) atoms. The number of halogens is 1. The average Bonchev–Trinajstić information content (AvgIpc) is 2.60. The van der Waals surface area contributed by atoms with Gasteiger partial charge < -0.3 is 4.74 Å². The molecule has 0 heterocycles. The van der Waals surface area contributed by atoms with Crippen molar-refractivity contribution in [2.75, 3.05) is 13.2 Å². The number of hydrogen-bond donors (Lipinski definition) is 1. The fraction of sp³-hybridized carbons (Fsp3) is 0.167. The van der Waals surface area contributed by atoms with E-state index in [4.69, 9.17) is 16.3 Å². The predicted molar refractivity (Wildman–Crippen MR) is 97.7 cm³/mol. The summed E-state index contributed by atoms with van der Waals surface area (Å²) in [5.74, 6) is -0.475. The Morgan fingerprint density at radius 3 is 2.44 bits per heavy atom. The van der Waals surface area contributed by atoms with Gasteiger partial charge in [0.15, 0.2) is 0 Å². The van der Waals surface area contributed by atoms with E-state index in [-0.39, 0.29) is 24.5 Å². The van der Waals surface area contributed by atoms with E-state index in [1.165, 1.54) is 24.3 Å². The summed E-state index contributed by atoms with van der Waals surface area (Å²) in [5.41, 5.74) is 1.01. The van der Waals surface area contributed by atoms with Crippen LogP contribution in [0.3, 0.4) is 0 Å². The lowest BCUT2D eigenvalue weighted by atomic mass is 10.2. The molecule has 0 aliphatic carbocycles. The lowest BCUT2D eigenvalue weighted by Crippen LogP contribution is -2.26. The largest absolute Gasteiger partial charge is 0.461 e. The molecule has 5 nitrogen and oxygen atoms in total. The molecular weight excluding hydrogens is 362 g/mol. The first-order chi connectivity index (χ1) is 12.0. The quantitative estimate of drug-likeness (QED) is 0.714. The average molecular weight is 380 g/mol. The van der Waals surface area contributed by atoms with Gasteiger partial charge in [-0.05, 0) is 35.9 Å². The summed E-state index contributed by atoms with van der Waals surface area (Å²) in [7, 11) is -3.66. The Kier molecular flexibility index (Phi) is 7.18. The molecule has 2 aromatic carbocycles. The normalized spacial score (nSPS) is 11.6. The second-order valence-electron chi connectivity index (χ2n) is 5.10. The molecule has 0 aliphatic rings. The highest BCUT2D eigenvalue weighted by atomic mass is 35.5. The number of hydrogen-bond acceptors (Lipinski definition) is 4. The van der Waals surface area contributed by atoms with Gasteiger partial charge in [0.1, 0.15) is 6.61 Å². The van der Waals surface area contributed by atoms with Crippen LogP contribution in [0.25, 0.3) is 6.08 Å². The number of carbonyl (C=O) groups excluding carboxylic acids is 1. The summed E-state index contributed by atoms with van der Waals surface area (Å²) in [6.45, 7) is 0.101. The van der Waals surface area contributed by atoms with E-state index in [9.17, 15) is 13.2 Å². The summed E-state index contributed by atoms with van der Waals surface area (Å²) in [6, 6.07) is 15.4. The van der Waals surface area contributed by atoms with Gasteiger partial charge in [0.25, 0.3) is 0 Å². The molecule has 132 valence electrons. The van der Waals surface area contributed by atoms with Gasteiger partial charge in [0, 0.05) is 11.6 Å². The molecule has 0 atom stereocenters. The topological polar surface area (TPSA) is 72.5 Å². The molecule has 0 saturated carbocycles. The highest BCUT2D eigenvalue weighted by Gasteiger charge is 2.14. The molecule has 7 heteroatoms. The van der Waals surface area contributed by atoms with Crippen molar-refractivity contribution >= 4 is 33.7 Å². The first-order valence-corrected chi connectivity index (χ1v) is 9.46. The second kappa shape index (κ2) is 9.36. The highest BCUT2D eigenvalue weighted by molar-refractivity contribution is 7.89. The van der Waals surface area contributed by atoms with Crippen LogP contribution in [-0.2, 0) is 19.6 Å². The third kappa shape index (κ3) is 6.70. The van der Waals surface area contributed by atoms with Crippen LogP contribution in [0.4, 0.5) is 0 Å². The lowest BCUT2D eigenvalue weighted by molar-refractivity contribution is -0.142. The summed E-state index contributed by atoms with van der Waals surface area (Å²) in [6.07, 6.45) is 3.52. The summed E-state index contributed by atoms with van der Waals surface area (Å²) in [5, 5.41) is 0.450. The number of carbonyl (C=O) groups is 1. The van der Waals surface area contributed by atoms with Crippen molar-refractivity contribution in [2.45, 2.75) is 11.3 Å². The Hall–Kier alpha value is -2.15. The zero-order valence-electron chi connectivity index (χ0n) is 13.4. The number of esters is 1. The van der Waals surface area contributed by atoms with E-state index in [2.05, 4.69) is 4.72 Å². The molecule has 0 saturated heterocycles. The van der Waals surface area contributed by atoms with Gasteiger partial charge in [-0.2, -0.15) is 0 Å². The maximum atomic E-state index is 12.0. The Morgan fingerprint density at radius 2 is 1.76 bits per heavy atom. The highest BCUT2D eigenvalue weighted by Crippen LogP contribution is 2.13. The summed E-state index contributed by atoms with van der Waals surface area (Å²) < 4.78 is 31.4. The van der Waals surface area contributed by atoms with Gasteiger partial charge in [-0.15, -0.1) is 0 Å². The van der Waals surface area contributed by atoms with Crippen molar-refractivity contribution in [2.24, 2.45) is 0 Å². The monoisotopic (exact) mass is 379 g/mol. The Bertz CT molecular complexity index is 818. The van der Waals surface area contributed by atoms with Crippen LogP contribution in [-0.4, -0.2) is 27.5 Å². The van der Waals surface area contributed by atoms with Crippen molar-refractivity contribution in [1.82, 2.24) is 4.72 Å². The third-order valence-corrected chi connectivity index (χ3v) is 4.92. The van der Waals surface area contributed by atoms with Crippen molar-refractivity contribution in [3.63, 3.8) is 0 Å². The van der Waals surface area contributed by atoms with E-state index >= 15 is 0 Å². The maximum absolute atomic E-state index is 12.0. The Balaban J connectivity index is 1.71. The van der Waals surface area contributed by atoms with Crippen LogP contribution < -0.4 is 4.72 Å². The third-order valence-electron chi connectivity index (χ3n) is 3.20. The number of sulfonamides is 1. The molecule has 0 unspecified atom stereocenters. The van der Waals surface area contributed by atoms with Gasteiger partial charge in [-0.1, -0.05) is 48.0 Å². The van der Waals surface area contributed by atoms with Crippen molar-refractivity contribution in [1.29, 1.82) is 0 Å². The molecule has 0 amide bonds. The molecule has 1 N–H and O–H groups in total. The first kappa shape index (κ1) is 19.2. The number of ether oxygens (including phenoxy) is 1. The molecule has 0 radical (unpaired) electrons. The first-order valence-electron chi connectivity index (χ1n) is 7.60. The smallest absolute Gasteiger partial charge is 0.307 e. The predicted octanol–water partition coefficient (Wildman–Crippen LogP) is 3.27. The van der Waals surface area contributed by atoms with E-state index in [0.29, 0.717) is 5.02 Å². The molecule has 0 aliphatic heterocycles. The van der Waals surface area contributed by atoms with Crippen LogP contribution in [0.2, 0.25) is 5.02 Å². The van der Waals surface area contributed by atoms with Gasteiger partial charge >= 0.3 is 5.97 Å². The second-order valence-corrected chi connectivity index (χ2v) is 7.30. The van der Waals surface area contributed by atoms with E-state index < -0.39 is 16.0 Å². The minimum atomic E-state index is -3.66. The van der Waals surface area contributed by atoms with Crippen molar-refractivity contribution < 1.29 is 17.9 Å². The van der Waals surface area contributed by atoms with Gasteiger partial charge in [0.05, 0.1) is 11.3 Å². The fourth-order valence-electron chi connectivity index (χ4n) is 1.95. The minimum absolute atomic E-state index is 0.0355. The van der Waals surface area contributed by atoms with Gasteiger partial charge in [-0.25, -0.2) is 13.1 Å². The van der Waals surface area contributed by atoms with Crippen LogP contribution >= 0.6 is 11.6 Å². The minimum Gasteiger partial charge on any atom is -0.461 e. The summed E-state index contributed by atoms with van der Waals surface area (Å²) >= 11 is 5.73. The fourth-order valence-corrected chi connectivity index (χ4v) is 3.10. The van der Waals surface area contributed by atoms with Gasteiger partial charge in [0.2, 0.25) is 10.0 Å². The van der Waals surface area contributed by atoms with Crippen molar-refractivity contribution in [3.05, 3.63) is 71.3 Å². The molecule has 0 aromatic heterocycles. The number of benzene rings is 2. The van der Waals surface area contributed by atoms with Gasteiger partial charge in [-0.3, -0.25) is 4.79 Å². The Labute approximate surface area is 152 Å². The standard InChI is InChI=1S/C18H18ClNO4S/c19-16-8-10-17(11-9-16)25(22,23)20-13-12-18(21)24-14-4-7-15-5-2-1-3-6-15/h1-11,20H,12-14H2/b7-4+. The molecule has 0 fully saturated rings. The molecule has 2 rings (SSSR count). The van der Waals surface area contributed by atoms with E-state index in [0.717, 1.165) is 5.56 Å². The van der Waals surface area contributed by atoms with E-state index in [1.54, 1.807) is 6.08 Å². The van der Waals surface area contributed by atoms with E-state index in [1.807, 2.05) is 36.4 Å². The SMILES string of the molecule is O=C(CCNS(=O)(=O)c1ccc(Cl)cc1)OC/C=C/c1ccccc1. The van der Waals surface area contributed by atoms with Crippen LogP contribution in [0, 0.1) is 0 Å². The van der Waals surface area contributed by atoms with Crippen LogP contribution in [0.15, 0.2) is 65.6 Å². The zero-order valence-corrected chi connectivity index (χ0v) is 15.0. The molecule has 0 bridgehead atoms. The molecule has 0 spiro atoms. The number of nitrogens with one attached hydrogen (secondary N) is 1. The lowest BCUT2D eigenvalue weighted by Gasteiger charge is -2.06. The summed E-state index contributed by atoms with van der Waals surface area (Å²) in [4.78, 5) is 11.7. The number of rotatable bonds is 8. The molecule has 2 aromatic rings. The maximum Gasteiger partial charge on any atom is 0.307 e. The Morgan fingerprint density at radius 1 is 1.08 bits per heavy atom. The van der Waals surface area contributed by atoms with Crippen LogP contribution in [0.1, 0.15) is 12.0 Å².